The van der Waals surface area contributed by atoms with E-state index >= 15 is 0 Å². The first-order chi connectivity index (χ1) is 12.0. The maximum Gasteiger partial charge on any atom is 0.328 e. The van der Waals surface area contributed by atoms with Gasteiger partial charge >= 0.3 is 5.97 Å². The van der Waals surface area contributed by atoms with E-state index in [1.165, 1.54) is 7.11 Å². The normalized spacial score (nSPS) is 17.4. The fourth-order valence-electron chi connectivity index (χ4n) is 2.20. The lowest BCUT2D eigenvalue weighted by Crippen LogP contribution is -2.46. The van der Waals surface area contributed by atoms with E-state index in [1.807, 2.05) is 0 Å². The number of methoxy groups -OCH3 is 1. The molecule has 0 aromatic carbocycles. The van der Waals surface area contributed by atoms with Gasteiger partial charge in [0.2, 0.25) is 5.91 Å². The number of hydrogen-bond donors (Lipinski definition) is 2. The fraction of sp³-hybridized carbons (Fsp3) is 0.750. The Morgan fingerprint density at radius 2 is 2.00 bits per heavy atom. The van der Waals surface area contributed by atoms with E-state index < -0.39 is 29.8 Å². The number of carbonyl (C=O) groups excluding carboxylic acids is 3. The van der Waals surface area contributed by atoms with Crippen LogP contribution < -0.4 is 5.32 Å². The molecule has 9 nitrogen and oxygen atoms in total. The van der Waals surface area contributed by atoms with Gasteiger partial charge in [-0.2, -0.15) is 0 Å². The highest BCUT2D eigenvalue weighted by Gasteiger charge is 2.25. The molecule has 0 saturated carbocycles. The highest BCUT2D eigenvalue weighted by molar-refractivity contribution is 6.26. The Morgan fingerprint density at radius 3 is 2.60 bits per heavy atom. The third-order valence-electron chi connectivity index (χ3n) is 3.92. The molecule has 1 fully saturated rings. The largest absolute Gasteiger partial charge is 0.463 e. The summed E-state index contributed by atoms with van der Waals surface area (Å²) >= 11 is 0. The summed E-state index contributed by atoms with van der Waals surface area (Å²) in [5.41, 5.74) is 0. The van der Waals surface area contributed by atoms with Gasteiger partial charge in [-0.1, -0.05) is 0 Å². The summed E-state index contributed by atoms with van der Waals surface area (Å²) in [5.74, 6) is -1.47. The Balaban J connectivity index is 2.49. The lowest BCUT2D eigenvalue weighted by molar-refractivity contribution is -0.149. The van der Waals surface area contributed by atoms with Gasteiger partial charge in [-0.05, 0) is 13.3 Å². The number of ketones is 1. The molecule has 0 spiro atoms. The van der Waals surface area contributed by atoms with Crippen LogP contribution in [-0.4, -0.2) is 87.5 Å². The predicted molar refractivity (Wildman–Crippen MR) is 89.6 cm³/mol. The first-order valence-electron chi connectivity index (χ1n) is 8.31. The van der Waals surface area contributed by atoms with Crippen LogP contribution in [0, 0.1) is 5.41 Å². The molecule has 0 aliphatic carbocycles. The SMILES string of the molecule is CO[C@H](C)C(=O)N[C@@H](CCC(=O)C=N)C(=O)OCCN1CCOCC1. The van der Waals surface area contributed by atoms with E-state index in [1.54, 1.807) is 6.92 Å². The summed E-state index contributed by atoms with van der Waals surface area (Å²) < 4.78 is 15.4. The van der Waals surface area contributed by atoms with Crippen molar-refractivity contribution in [3.05, 3.63) is 0 Å². The third-order valence-corrected chi connectivity index (χ3v) is 3.92. The van der Waals surface area contributed by atoms with E-state index in [9.17, 15) is 14.4 Å². The minimum atomic E-state index is -0.946. The maximum atomic E-state index is 12.2. The number of esters is 1. The van der Waals surface area contributed by atoms with Crippen LogP contribution in [-0.2, 0) is 28.6 Å². The van der Waals surface area contributed by atoms with Crippen molar-refractivity contribution in [1.29, 1.82) is 5.41 Å². The average Bonchev–Trinajstić information content (AvgIpc) is 2.64. The van der Waals surface area contributed by atoms with Crippen molar-refractivity contribution in [2.45, 2.75) is 31.9 Å². The summed E-state index contributed by atoms with van der Waals surface area (Å²) in [4.78, 5) is 37.6. The first kappa shape index (κ1) is 21.2. The van der Waals surface area contributed by atoms with Gasteiger partial charge < -0.3 is 24.9 Å². The number of nitrogens with one attached hydrogen (secondary N) is 2. The van der Waals surface area contributed by atoms with E-state index in [-0.39, 0.29) is 19.4 Å². The van der Waals surface area contributed by atoms with Crippen molar-refractivity contribution >= 4 is 23.9 Å². The Bertz CT molecular complexity index is 465. The van der Waals surface area contributed by atoms with Crippen molar-refractivity contribution in [1.82, 2.24) is 10.2 Å². The van der Waals surface area contributed by atoms with Gasteiger partial charge in [-0.25, -0.2) is 4.79 Å². The van der Waals surface area contributed by atoms with Crippen molar-refractivity contribution in [3.63, 3.8) is 0 Å². The quantitative estimate of drug-likeness (QED) is 0.374. The Morgan fingerprint density at radius 1 is 1.32 bits per heavy atom. The molecule has 1 amide bonds. The second-order valence-electron chi connectivity index (χ2n) is 5.71. The topological polar surface area (TPSA) is 118 Å². The molecule has 1 rings (SSSR count). The van der Waals surface area contributed by atoms with Crippen LogP contribution in [0.4, 0.5) is 0 Å². The number of amides is 1. The van der Waals surface area contributed by atoms with Crippen molar-refractivity contribution in [3.8, 4) is 0 Å². The second-order valence-corrected chi connectivity index (χ2v) is 5.71. The molecule has 2 N–H and O–H groups in total. The maximum absolute atomic E-state index is 12.2. The number of carbonyl (C=O) groups is 3. The molecule has 9 heteroatoms. The zero-order chi connectivity index (χ0) is 18.7. The molecule has 0 unspecified atom stereocenters. The number of nitrogens with zero attached hydrogens (tertiary/aromatic N) is 1. The van der Waals surface area contributed by atoms with Gasteiger partial charge in [0.25, 0.3) is 0 Å². The van der Waals surface area contributed by atoms with Crippen LogP contribution in [0.25, 0.3) is 0 Å². The minimum Gasteiger partial charge on any atom is -0.463 e. The Labute approximate surface area is 147 Å². The van der Waals surface area contributed by atoms with E-state index in [4.69, 9.17) is 19.6 Å². The van der Waals surface area contributed by atoms with E-state index in [0.717, 1.165) is 13.1 Å². The highest BCUT2D eigenvalue weighted by atomic mass is 16.5. The molecule has 0 radical (unpaired) electrons. The van der Waals surface area contributed by atoms with Gasteiger partial charge in [0.1, 0.15) is 18.8 Å². The van der Waals surface area contributed by atoms with Gasteiger partial charge in [0.05, 0.1) is 19.4 Å². The van der Waals surface area contributed by atoms with E-state index in [0.29, 0.717) is 26.0 Å². The number of Topliss-reactive ketones (excluding diaryl/α,β-unsaturated/α-hetero) is 1. The van der Waals surface area contributed by atoms with Crippen molar-refractivity contribution in [2.75, 3.05) is 46.6 Å². The minimum absolute atomic E-state index is 0.0195. The zero-order valence-corrected chi connectivity index (χ0v) is 14.8. The molecule has 1 heterocycles. The fourth-order valence-corrected chi connectivity index (χ4v) is 2.20. The third kappa shape index (κ3) is 8.19. The van der Waals surface area contributed by atoms with E-state index in [2.05, 4.69) is 10.2 Å². The van der Waals surface area contributed by atoms with Gasteiger partial charge in [-0.15, -0.1) is 0 Å². The molecular formula is C16H27N3O6. The highest BCUT2D eigenvalue weighted by Crippen LogP contribution is 2.03. The van der Waals surface area contributed by atoms with Crippen molar-refractivity contribution < 1.29 is 28.6 Å². The van der Waals surface area contributed by atoms with Gasteiger partial charge in [0, 0.05) is 33.2 Å². The molecule has 0 aromatic heterocycles. The summed E-state index contributed by atoms with van der Waals surface area (Å²) in [7, 11) is 1.39. The summed E-state index contributed by atoms with van der Waals surface area (Å²) in [6.07, 6.45) is 0.0313. The molecule has 0 bridgehead atoms. The average molecular weight is 357 g/mol. The standard InChI is InChI=1S/C16H27N3O6/c1-12(23-2)15(21)18-14(4-3-13(20)11-17)16(22)25-10-7-19-5-8-24-9-6-19/h11-12,14,17H,3-10H2,1-2H3,(H,18,21)/t12-,14+/m1/s1. The van der Waals surface area contributed by atoms with Crippen LogP contribution in [0.5, 0.6) is 0 Å². The number of rotatable bonds is 11. The summed E-state index contributed by atoms with van der Waals surface area (Å²) in [5, 5.41) is 9.45. The number of hydrogen-bond acceptors (Lipinski definition) is 8. The Hall–Kier alpha value is -1.84. The molecule has 142 valence electrons. The molecule has 25 heavy (non-hydrogen) atoms. The van der Waals surface area contributed by atoms with Gasteiger partial charge in [-0.3, -0.25) is 14.5 Å². The summed E-state index contributed by atoms with van der Waals surface area (Å²) in [6, 6.07) is -0.946. The second kappa shape index (κ2) is 11.7. The van der Waals surface area contributed by atoms with Crippen LogP contribution >= 0.6 is 0 Å². The lowest BCUT2D eigenvalue weighted by atomic mass is 10.1. The van der Waals surface area contributed by atoms with Crippen LogP contribution in [0.15, 0.2) is 0 Å². The molecule has 1 aliphatic heterocycles. The number of morpholine rings is 1. The Kier molecular flexibility index (Phi) is 9.90. The van der Waals surface area contributed by atoms with Crippen LogP contribution in [0.1, 0.15) is 19.8 Å². The van der Waals surface area contributed by atoms with Crippen LogP contribution in [0.3, 0.4) is 0 Å². The molecule has 1 saturated heterocycles. The predicted octanol–water partition coefficient (Wildman–Crippen LogP) is -0.620. The van der Waals surface area contributed by atoms with Gasteiger partial charge in [0.15, 0.2) is 5.78 Å². The number of ether oxygens (including phenoxy) is 3. The monoisotopic (exact) mass is 357 g/mol. The lowest BCUT2D eigenvalue weighted by Gasteiger charge is -2.26. The first-order valence-corrected chi connectivity index (χ1v) is 8.31. The smallest absolute Gasteiger partial charge is 0.328 e. The molecule has 0 aromatic rings. The van der Waals surface area contributed by atoms with Crippen LogP contribution in [0.2, 0.25) is 0 Å². The molecule has 2 atom stereocenters. The van der Waals surface area contributed by atoms with Crippen molar-refractivity contribution in [2.24, 2.45) is 0 Å². The molecular weight excluding hydrogens is 330 g/mol. The molecule has 1 aliphatic rings. The zero-order valence-electron chi connectivity index (χ0n) is 14.8. The summed E-state index contributed by atoms with van der Waals surface area (Å²) in [6.45, 7) is 5.24.